The van der Waals surface area contributed by atoms with E-state index in [0.29, 0.717) is 6.54 Å². The maximum Gasteiger partial charge on any atom is 0.263 e. The van der Waals surface area contributed by atoms with E-state index in [1.807, 2.05) is 31.2 Å². The molecule has 0 aliphatic heterocycles. The van der Waals surface area contributed by atoms with Crippen molar-refractivity contribution < 1.29 is 18.3 Å². The third-order valence-corrected chi connectivity index (χ3v) is 3.60. The van der Waals surface area contributed by atoms with Crippen LogP contribution in [-0.2, 0) is 11.3 Å². The number of amides is 1. The van der Waals surface area contributed by atoms with Gasteiger partial charge in [-0.15, -0.1) is 0 Å². The van der Waals surface area contributed by atoms with Crippen LogP contribution in [0.5, 0.6) is 5.75 Å². The van der Waals surface area contributed by atoms with Crippen molar-refractivity contribution in [3.63, 3.8) is 0 Å². The molecule has 1 unspecified atom stereocenters. The van der Waals surface area contributed by atoms with Crippen LogP contribution in [0.15, 0.2) is 42.5 Å². The van der Waals surface area contributed by atoms with Gasteiger partial charge in [-0.3, -0.25) is 4.79 Å². The van der Waals surface area contributed by atoms with E-state index in [0.717, 1.165) is 23.3 Å². The van der Waals surface area contributed by atoms with Gasteiger partial charge in [0.25, 0.3) is 5.91 Å². The summed E-state index contributed by atoms with van der Waals surface area (Å²) in [7, 11) is 1.68. The number of nitrogens with zero attached hydrogens (tertiary/aromatic N) is 1. The molecule has 0 aromatic heterocycles. The van der Waals surface area contributed by atoms with Gasteiger partial charge in [0.2, 0.25) is 0 Å². The monoisotopic (exact) mass is 319 g/mol. The van der Waals surface area contributed by atoms with E-state index in [-0.39, 0.29) is 11.7 Å². The fourth-order valence-corrected chi connectivity index (χ4v) is 2.24. The smallest absolute Gasteiger partial charge is 0.263 e. The van der Waals surface area contributed by atoms with E-state index < -0.39 is 17.7 Å². The van der Waals surface area contributed by atoms with Crippen LogP contribution in [0.1, 0.15) is 18.1 Å². The lowest BCUT2D eigenvalue weighted by atomic mass is 10.1. The van der Waals surface area contributed by atoms with Gasteiger partial charge in [0.05, 0.1) is 0 Å². The summed E-state index contributed by atoms with van der Waals surface area (Å²) in [4.78, 5) is 13.9. The van der Waals surface area contributed by atoms with Crippen molar-refractivity contribution in [3.05, 3.63) is 65.2 Å². The van der Waals surface area contributed by atoms with Gasteiger partial charge >= 0.3 is 0 Å². The molecule has 1 amide bonds. The molecule has 1 atom stereocenters. The lowest BCUT2D eigenvalue weighted by Gasteiger charge is -2.23. The molecule has 0 N–H and O–H groups in total. The number of halogens is 2. The van der Waals surface area contributed by atoms with Crippen molar-refractivity contribution in [2.45, 2.75) is 26.5 Å². The van der Waals surface area contributed by atoms with E-state index in [4.69, 9.17) is 4.74 Å². The molecule has 3 nitrogen and oxygen atoms in total. The fraction of sp³-hybridized carbons (Fsp3) is 0.278. The van der Waals surface area contributed by atoms with Crippen LogP contribution in [0.2, 0.25) is 0 Å². The molecule has 0 radical (unpaired) electrons. The van der Waals surface area contributed by atoms with Crippen molar-refractivity contribution in [1.29, 1.82) is 0 Å². The fourth-order valence-electron chi connectivity index (χ4n) is 2.24. The average molecular weight is 319 g/mol. The second-order valence-electron chi connectivity index (χ2n) is 5.46. The molecule has 2 rings (SSSR count). The van der Waals surface area contributed by atoms with Gasteiger partial charge in [-0.2, -0.15) is 0 Å². The highest BCUT2D eigenvalue weighted by Crippen LogP contribution is 2.18. The molecule has 2 aromatic rings. The second-order valence-corrected chi connectivity index (χ2v) is 5.46. The first-order valence-electron chi connectivity index (χ1n) is 7.29. The topological polar surface area (TPSA) is 29.5 Å². The third kappa shape index (κ3) is 4.28. The summed E-state index contributed by atoms with van der Waals surface area (Å²) in [6, 6.07) is 11.0. The Morgan fingerprint density at radius 3 is 2.52 bits per heavy atom. The van der Waals surface area contributed by atoms with Crippen LogP contribution in [0, 0.1) is 18.6 Å². The van der Waals surface area contributed by atoms with Crippen LogP contribution in [-0.4, -0.2) is 24.0 Å². The Bertz CT molecular complexity index is 703. The van der Waals surface area contributed by atoms with Crippen LogP contribution < -0.4 is 4.74 Å². The number of likely N-dealkylation sites (N-methyl/N-ethyl adjacent to an activating group) is 1. The SMILES string of the molecule is Cc1ccccc1CN(C)C(=O)C(C)Oc1ccc(F)c(F)c1. The predicted octanol–water partition coefficient (Wildman–Crippen LogP) is 3.70. The number of rotatable bonds is 5. The minimum Gasteiger partial charge on any atom is -0.481 e. The van der Waals surface area contributed by atoms with E-state index in [1.54, 1.807) is 18.9 Å². The zero-order chi connectivity index (χ0) is 17.0. The number of ether oxygens (including phenoxy) is 1. The van der Waals surface area contributed by atoms with Gasteiger partial charge < -0.3 is 9.64 Å². The Morgan fingerprint density at radius 2 is 1.87 bits per heavy atom. The van der Waals surface area contributed by atoms with Crippen LogP contribution in [0.4, 0.5) is 8.78 Å². The van der Waals surface area contributed by atoms with Gasteiger partial charge in [0.15, 0.2) is 17.7 Å². The van der Waals surface area contributed by atoms with Crippen molar-refractivity contribution in [2.75, 3.05) is 7.05 Å². The molecule has 0 saturated carbocycles. The average Bonchev–Trinajstić information content (AvgIpc) is 2.52. The maximum atomic E-state index is 13.2. The van der Waals surface area contributed by atoms with Crippen molar-refractivity contribution >= 4 is 5.91 Å². The second kappa shape index (κ2) is 7.22. The van der Waals surface area contributed by atoms with Gasteiger partial charge in [-0.1, -0.05) is 24.3 Å². The largest absolute Gasteiger partial charge is 0.481 e. The predicted molar refractivity (Wildman–Crippen MR) is 84.1 cm³/mol. The summed E-state index contributed by atoms with van der Waals surface area (Å²) in [5.74, 6) is -2.07. The van der Waals surface area contributed by atoms with Crippen molar-refractivity contribution in [3.8, 4) is 5.75 Å². The zero-order valence-corrected chi connectivity index (χ0v) is 13.3. The normalized spacial score (nSPS) is 11.9. The Morgan fingerprint density at radius 1 is 1.17 bits per heavy atom. The summed E-state index contributed by atoms with van der Waals surface area (Å²) in [6.07, 6.45) is -0.797. The first kappa shape index (κ1) is 16.9. The molecule has 5 heteroatoms. The minimum atomic E-state index is -1.00. The highest BCUT2D eigenvalue weighted by atomic mass is 19.2. The summed E-state index contributed by atoms with van der Waals surface area (Å²) >= 11 is 0. The van der Waals surface area contributed by atoms with E-state index in [2.05, 4.69) is 0 Å². The van der Waals surface area contributed by atoms with E-state index >= 15 is 0 Å². The Balaban J connectivity index is 2.01. The first-order valence-corrected chi connectivity index (χ1v) is 7.29. The molecule has 0 fully saturated rings. The van der Waals surface area contributed by atoms with Crippen LogP contribution in [0.3, 0.4) is 0 Å². The summed E-state index contributed by atoms with van der Waals surface area (Å²) in [6.45, 7) is 4.02. The Kier molecular flexibility index (Phi) is 5.32. The Hall–Kier alpha value is -2.43. The minimum absolute atomic E-state index is 0.119. The summed E-state index contributed by atoms with van der Waals surface area (Å²) < 4.78 is 31.5. The highest BCUT2D eigenvalue weighted by molar-refractivity contribution is 5.80. The molecule has 0 aliphatic rings. The number of hydrogen-bond acceptors (Lipinski definition) is 2. The zero-order valence-electron chi connectivity index (χ0n) is 13.3. The molecule has 0 bridgehead atoms. The number of aryl methyl sites for hydroxylation is 1. The van der Waals surface area contributed by atoms with Gasteiger partial charge in [0, 0.05) is 19.7 Å². The molecule has 0 spiro atoms. The summed E-state index contributed by atoms with van der Waals surface area (Å²) in [5, 5.41) is 0. The molecule has 0 saturated heterocycles. The van der Waals surface area contributed by atoms with Crippen molar-refractivity contribution in [1.82, 2.24) is 4.90 Å². The van der Waals surface area contributed by atoms with Gasteiger partial charge in [-0.05, 0) is 37.1 Å². The van der Waals surface area contributed by atoms with Gasteiger partial charge in [-0.25, -0.2) is 8.78 Å². The Labute approximate surface area is 134 Å². The lowest BCUT2D eigenvalue weighted by molar-refractivity contribution is -0.137. The molecule has 0 heterocycles. The molecule has 23 heavy (non-hydrogen) atoms. The van der Waals surface area contributed by atoms with Crippen molar-refractivity contribution in [2.24, 2.45) is 0 Å². The molecule has 122 valence electrons. The molecule has 2 aromatic carbocycles. The van der Waals surface area contributed by atoms with E-state index in [9.17, 15) is 13.6 Å². The third-order valence-electron chi connectivity index (χ3n) is 3.60. The number of benzene rings is 2. The molecular formula is C18H19F2NO2. The first-order chi connectivity index (χ1) is 10.9. The molecule has 0 aliphatic carbocycles. The number of carbonyl (C=O) groups excluding carboxylic acids is 1. The standard InChI is InChI=1S/C18H19F2NO2/c1-12-6-4-5-7-14(12)11-21(3)18(22)13(2)23-15-8-9-16(19)17(20)10-15/h4-10,13H,11H2,1-3H3. The van der Waals surface area contributed by atoms with Crippen LogP contribution >= 0.6 is 0 Å². The van der Waals surface area contributed by atoms with E-state index in [1.165, 1.54) is 6.07 Å². The van der Waals surface area contributed by atoms with Gasteiger partial charge in [0.1, 0.15) is 5.75 Å². The van der Waals surface area contributed by atoms with Crippen LogP contribution in [0.25, 0.3) is 0 Å². The number of hydrogen-bond donors (Lipinski definition) is 0. The lowest BCUT2D eigenvalue weighted by Crippen LogP contribution is -2.37. The number of carbonyl (C=O) groups is 1. The molecular weight excluding hydrogens is 300 g/mol. The highest BCUT2D eigenvalue weighted by Gasteiger charge is 2.20. The maximum absolute atomic E-state index is 13.2. The quantitative estimate of drug-likeness (QED) is 0.841. The summed E-state index contributed by atoms with van der Waals surface area (Å²) in [5.41, 5.74) is 2.14.